The summed E-state index contributed by atoms with van der Waals surface area (Å²) in [7, 11) is 0. The predicted molar refractivity (Wildman–Crippen MR) is 242 cm³/mol. The standard InChI is InChI=1S/C55H37NO2/c1-55(2)49-19-7-5-15-43(49)47-33-40(27-29-50(47)55)56(38-25-21-34(22-26-38)36-24-30-52-48(32-36)44-16-6-8-20-51(44)57-52)39-13-9-12-37(31-39)42-17-10-18-45-46-28-23-35-11-3-4-14-41(35)53(46)58-54(42)45/h3-33H,1-2H3. The Kier molecular flexibility index (Phi) is 6.98. The van der Waals surface area contributed by atoms with Gasteiger partial charge in [-0.05, 0) is 105 Å². The zero-order valence-electron chi connectivity index (χ0n) is 32.2. The lowest BCUT2D eigenvalue weighted by molar-refractivity contribution is 0.660. The molecule has 9 aromatic carbocycles. The van der Waals surface area contributed by atoms with Crippen molar-refractivity contribution < 1.29 is 8.83 Å². The molecule has 3 heteroatoms. The molecule has 0 bridgehead atoms. The van der Waals surface area contributed by atoms with E-state index in [0.29, 0.717) is 0 Å². The first-order chi connectivity index (χ1) is 28.5. The van der Waals surface area contributed by atoms with Crippen LogP contribution in [0.25, 0.3) is 88.0 Å². The number of fused-ring (bicyclic) bond motifs is 11. The fourth-order valence-corrected chi connectivity index (χ4v) is 9.57. The SMILES string of the molecule is CC1(C)c2ccccc2-c2cc(N(c3ccc(-c4ccc5oc6ccccc6c5c4)cc3)c3cccc(-c4cccc5c4oc4c6ccccc6ccc54)c3)ccc21. The number of para-hydroxylation sites is 2. The van der Waals surface area contributed by atoms with Gasteiger partial charge in [-0.15, -0.1) is 0 Å². The highest BCUT2D eigenvalue weighted by molar-refractivity contribution is 6.17. The van der Waals surface area contributed by atoms with Crippen molar-refractivity contribution in [3.05, 3.63) is 199 Å². The van der Waals surface area contributed by atoms with Crippen LogP contribution in [-0.4, -0.2) is 0 Å². The fraction of sp³-hybridized carbons (Fsp3) is 0.0545. The van der Waals surface area contributed by atoms with Gasteiger partial charge in [0.1, 0.15) is 22.3 Å². The van der Waals surface area contributed by atoms with Crippen molar-refractivity contribution in [3.8, 4) is 33.4 Å². The highest BCUT2D eigenvalue weighted by atomic mass is 16.3. The number of anilines is 3. The van der Waals surface area contributed by atoms with Crippen LogP contribution < -0.4 is 4.90 Å². The van der Waals surface area contributed by atoms with Gasteiger partial charge in [-0.3, -0.25) is 0 Å². The molecule has 0 atom stereocenters. The Morgan fingerprint density at radius 3 is 1.95 bits per heavy atom. The Labute approximate surface area is 336 Å². The molecule has 0 saturated heterocycles. The average molecular weight is 744 g/mol. The van der Waals surface area contributed by atoms with E-state index in [1.54, 1.807) is 0 Å². The second-order valence-corrected chi connectivity index (χ2v) is 16.1. The summed E-state index contributed by atoms with van der Waals surface area (Å²) in [6, 6.07) is 67.8. The number of hydrogen-bond donors (Lipinski definition) is 0. The molecule has 3 nitrogen and oxygen atoms in total. The van der Waals surface area contributed by atoms with E-state index in [9.17, 15) is 0 Å². The molecule has 0 unspecified atom stereocenters. The Balaban J connectivity index is 1.01. The molecule has 0 fully saturated rings. The van der Waals surface area contributed by atoms with E-state index in [-0.39, 0.29) is 5.41 Å². The Morgan fingerprint density at radius 1 is 0.362 bits per heavy atom. The first-order valence-corrected chi connectivity index (χ1v) is 20.0. The van der Waals surface area contributed by atoms with Gasteiger partial charge in [-0.1, -0.05) is 141 Å². The molecule has 11 aromatic rings. The third-order valence-corrected chi connectivity index (χ3v) is 12.5. The van der Waals surface area contributed by atoms with Crippen molar-refractivity contribution in [2.45, 2.75) is 19.3 Å². The van der Waals surface area contributed by atoms with Crippen LogP contribution in [0, 0.1) is 0 Å². The van der Waals surface area contributed by atoms with Crippen LogP contribution in [0.5, 0.6) is 0 Å². The molecule has 2 heterocycles. The van der Waals surface area contributed by atoms with E-state index >= 15 is 0 Å². The van der Waals surface area contributed by atoms with Crippen LogP contribution in [0.4, 0.5) is 17.1 Å². The van der Waals surface area contributed by atoms with E-state index in [1.807, 2.05) is 12.1 Å². The van der Waals surface area contributed by atoms with Gasteiger partial charge in [0.25, 0.3) is 0 Å². The molecule has 0 N–H and O–H groups in total. The third-order valence-electron chi connectivity index (χ3n) is 12.5. The monoisotopic (exact) mass is 743 g/mol. The maximum absolute atomic E-state index is 6.81. The van der Waals surface area contributed by atoms with Gasteiger partial charge in [0.05, 0.1) is 0 Å². The number of benzene rings is 9. The summed E-state index contributed by atoms with van der Waals surface area (Å²) in [5, 5.41) is 6.83. The lowest BCUT2D eigenvalue weighted by Crippen LogP contribution is -2.15. The molecule has 274 valence electrons. The third kappa shape index (κ3) is 4.86. The van der Waals surface area contributed by atoms with Crippen LogP contribution in [0.3, 0.4) is 0 Å². The summed E-state index contributed by atoms with van der Waals surface area (Å²) >= 11 is 0. The molecule has 0 amide bonds. The van der Waals surface area contributed by atoms with Crippen LogP contribution in [0.1, 0.15) is 25.0 Å². The summed E-state index contributed by atoms with van der Waals surface area (Å²) in [5.74, 6) is 0. The maximum atomic E-state index is 6.81. The summed E-state index contributed by atoms with van der Waals surface area (Å²) in [5.41, 5.74) is 16.6. The minimum Gasteiger partial charge on any atom is -0.456 e. The second-order valence-electron chi connectivity index (χ2n) is 16.1. The molecule has 0 aliphatic heterocycles. The quantitative estimate of drug-likeness (QED) is 0.176. The van der Waals surface area contributed by atoms with E-state index in [4.69, 9.17) is 8.83 Å². The van der Waals surface area contributed by atoms with Crippen molar-refractivity contribution in [2.24, 2.45) is 0 Å². The highest BCUT2D eigenvalue weighted by Gasteiger charge is 2.35. The average Bonchev–Trinajstić information content (AvgIpc) is 3.92. The van der Waals surface area contributed by atoms with E-state index in [2.05, 4.69) is 195 Å². The number of nitrogens with zero attached hydrogens (tertiary/aromatic N) is 1. The van der Waals surface area contributed by atoms with Crippen LogP contribution in [0.2, 0.25) is 0 Å². The Morgan fingerprint density at radius 2 is 1.03 bits per heavy atom. The molecule has 0 radical (unpaired) electrons. The minimum atomic E-state index is -0.0745. The molecule has 58 heavy (non-hydrogen) atoms. The van der Waals surface area contributed by atoms with Crippen LogP contribution >= 0.6 is 0 Å². The van der Waals surface area contributed by atoms with Gasteiger partial charge >= 0.3 is 0 Å². The van der Waals surface area contributed by atoms with Crippen LogP contribution in [0.15, 0.2) is 197 Å². The number of hydrogen-bond acceptors (Lipinski definition) is 3. The lowest BCUT2D eigenvalue weighted by Gasteiger charge is -2.28. The summed E-state index contributed by atoms with van der Waals surface area (Å²) in [6.07, 6.45) is 0. The minimum absolute atomic E-state index is 0.0745. The second kappa shape index (κ2) is 12.3. The number of furan rings is 2. The van der Waals surface area contributed by atoms with Gasteiger partial charge in [0.2, 0.25) is 0 Å². The molecular weight excluding hydrogens is 707 g/mol. The highest BCUT2D eigenvalue weighted by Crippen LogP contribution is 2.51. The van der Waals surface area contributed by atoms with E-state index in [1.165, 1.54) is 27.6 Å². The molecule has 1 aliphatic carbocycles. The molecule has 1 aliphatic rings. The fourth-order valence-electron chi connectivity index (χ4n) is 9.57. The molecule has 12 rings (SSSR count). The Hall–Kier alpha value is -7.36. The van der Waals surface area contributed by atoms with E-state index in [0.717, 1.165) is 88.6 Å². The van der Waals surface area contributed by atoms with Gasteiger partial charge in [0, 0.05) is 55.0 Å². The zero-order chi connectivity index (χ0) is 38.5. The van der Waals surface area contributed by atoms with Crippen LogP contribution in [-0.2, 0) is 5.41 Å². The topological polar surface area (TPSA) is 29.5 Å². The lowest BCUT2D eigenvalue weighted by atomic mass is 9.82. The van der Waals surface area contributed by atoms with Crippen molar-refractivity contribution in [2.75, 3.05) is 4.90 Å². The molecular formula is C55H37NO2. The van der Waals surface area contributed by atoms with Gasteiger partial charge < -0.3 is 13.7 Å². The largest absolute Gasteiger partial charge is 0.456 e. The first kappa shape index (κ1) is 32.8. The summed E-state index contributed by atoms with van der Waals surface area (Å²) in [6.45, 7) is 4.67. The van der Waals surface area contributed by atoms with Crippen molar-refractivity contribution in [1.29, 1.82) is 0 Å². The molecule has 2 aromatic heterocycles. The summed E-state index contributed by atoms with van der Waals surface area (Å²) in [4.78, 5) is 2.39. The summed E-state index contributed by atoms with van der Waals surface area (Å²) < 4.78 is 12.9. The van der Waals surface area contributed by atoms with Crippen molar-refractivity contribution in [3.63, 3.8) is 0 Å². The smallest absolute Gasteiger partial charge is 0.143 e. The first-order valence-electron chi connectivity index (χ1n) is 20.0. The van der Waals surface area contributed by atoms with Gasteiger partial charge in [-0.25, -0.2) is 0 Å². The molecule has 0 spiro atoms. The zero-order valence-corrected chi connectivity index (χ0v) is 32.2. The normalized spacial score (nSPS) is 13.1. The molecule has 0 saturated carbocycles. The maximum Gasteiger partial charge on any atom is 0.143 e. The van der Waals surface area contributed by atoms with Gasteiger partial charge in [-0.2, -0.15) is 0 Å². The Bertz CT molecular complexity index is 3440. The predicted octanol–water partition coefficient (Wildman–Crippen LogP) is 15.7. The van der Waals surface area contributed by atoms with Crippen molar-refractivity contribution >= 4 is 71.7 Å². The van der Waals surface area contributed by atoms with E-state index < -0.39 is 0 Å². The van der Waals surface area contributed by atoms with Crippen molar-refractivity contribution in [1.82, 2.24) is 0 Å². The van der Waals surface area contributed by atoms with Gasteiger partial charge in [0.15, 0.2) is 0 Å². The number of rotatable bonds is 5.